The Morgan fingerprint density at radius 2 is 1.92 bits per heavy atom. The van der Waals surface area contributed by atoms with Gasteiger partial charge in [-0.15, -0.1) is 10.2 Å². The molecule has 9 heteroatoms. The van der Waals surface area contributed by atoms with E-state index < -0.39 is 11.2 Å². The number of hydrogen-bond donors (Lipinski definition) is 2. The van der Waals surface area contributed by atoms with Gasteiger partial charge in [-0.1, -0.05) is 11.8 Å². The number of nitrogens with zero attached hydrogens (tertiary/aromatic N) is 3. The summed E-state index contributed by atoms with van der Waals surface area (Å²) in [6.07, 6.45) is 0.596. The Morgan fingerprint density at radius 1 is 1.27 bits per heavy atom. The third kappa shape index (κ3) is 4.04. The van der Waals surface area contributed by atoms with Crippen LogP contribution in [0.1, 0.15) is 58.2 Å². The highest BCUT2D eigenvalue weighted by Crippen LogP contribution is 2.27. The molecule has 2 heterocycles. The minimum Gasteiger partial charge on any atom is -0.370 e. The van der Waals surface area contributed by atoms with Crippen LogP contribution in [0.3, 0.4) is 0 Å². The van der Waals surface area contributed by atoms with E-state index in [0.29, 0.717) is 39.9 Å². The number of nitrogens with one attached hydrogen (secondary N) is 1. The van der Waals surface area contributed by atoms with Crippen LogP contribution in [-0.4, -0.2) is 42.5 Å². The molecule has 0 spiro atoms. The first-order chi connectivity index (χ1) is 12.1. The highest BCUT2D eigenvalue weighted by molar-refractivity contribution is 8.00. The van der Waals surface area contributed by atoms with E-state index in [1.165, 1.54) is 18.7 Å². The molecule has 3 N–H and O–H groups in total. The second kappa shape index (κ2) is 7.86. The van der Waals surface area contributed by atoms with Gasteiger partial charge < -0.3 is 15.3 Å². The Hall–Kier alpha value is -2.42. The number of ketones is 2. The molecule has 2 rings (SSSR count). The number of amides is 1. The molecule has 0 aliphatic heterocycles. The minimum atomic E-state index is -0.418. The molecule has 1 unspecified atom stereocenters. The van der Waals surface area contributed by atoms with Gasteiger partial charge in [0.05, 0.1) is 10.9 Å². The smallest absolute Gasteiger partial charge is 0.217 e. The molecule has 2 aromatic heterocycles. The molecule has 0 radical (unpaired) electrons. The Kier molecular flexibility index (Phi) is 6.01. The summed E-state index contributed by atoms with van der Waals surface area (Å²) in [6, 6.07) is 0. The fraction of sp³-hybridized carbons (Fsp3) is 0.471. The third-order valence-corrected chi connectivity index (χ3v) is 5.34. The van der Waals surface area contributed by atoms with Gasteiger partial charge in [-0.25, -0.2) is 0 Å². The Balaban J connectivity index is 2.17. The lowest BCUT2D eigenvalue weighted by Gasteiger charge is -2.10. The summed E-state index contributed by atoms with van der Waals surface area (Å²) in [5.41, 5.74) is 7.54. The van der Waals surface area contributed by atoms with Crippen LogP contribution in [0.15, 0.2) is 5.16 Å². The van der Waals surface area contributed by atoms with Crippen molar-refractivity contribution in [2.24, 2.45) is 12.8 Å². The summed E-state index contributed by atoms with van der Waals surface area (Å²) in [7, 11) is 1.79. The van der Waals surface area contributed by atoms with Gasteiger partial charge in [0, 0.05) is 31.1 Å². The number of aryl methyl sites for hydroxylation is 2. The van der Waals surface area contributed by atoms with Crippen molar-refractivity contribution in [3.8, 4) is 0 Å². The molecular formula is C17H23N5O3S. The van der Waals surface area contributed by atoms with Crippen molar-refractivity contribution in [2.45, 2.75) is 50.9 Å². The van der Waals surface area contributed by atoms with Gasteiger partial charge in [-0.3, -0.25) is 14.4 Å². The number of hydrogen-bond acceptors (Lipinski definition) is 6. The first-order valence-electron chi connectivity index (χ1n) is 8.21. The number of carbonyl (C=O) groups excluding carboxylic acids is 3. The summed E-state index contributed by atoms with van der Waals surface area (Å²) < 4.78 is 1.76. The van der Waals surface area contributed by atoms with Crippen LogP contribution in [0.5, 0.6) is 0 Å². The fourth-order valence-electron chi connectivity index (χ4n) is 2.84. The van der Waals surface area contributed by atoms with E-state index in [4.69, 9.17) is 5.73 Å². The molecule has 1 amide bonds. The molecule has 26 heavy (non-hydrogen) atoms. The van der Waals surface area contributed by atoms with E-state index in [2.05, 4.69) is 15.2 Å². The maximum Gasteiger partial charge on any atom is 0.217 e. The van der Waals surface area contributed by atoms with E-state index in [9.17, 15) is 14.4 Å². The first-order valence-corrected chi connectivity index (χ1v) is 9.09. The van der Waals surface area contributed by atoms with Gasteiger partial charge in [0.15, 0.2) is 16.7 Å². The van der Waals surface area contributed by atoms with Crippen molar-refractivity contribution in [2.75, 3.05) is 0 Å². The van der Waals surface area contributed by atoms with E-state index in [-0.39, 0.29) is 18.0 Å². The highest BCUT2D eigenvalue weighted by Gasteiger charge is 2.25. The van der Waals surface area contributed by atoms with Gasteiger partial charge in [0.1, 0.15) is 5.82 Å². The number of aromatic nitrogens is 4. The van der Waals surface area contributed by atoms with E-state index in [0.717, 1.165) is 0 Å². The van der Waals surface area contributed by atoms with E-state index >= 15 is 0 Å². The molecule has 0 saturated carbocycles. The van der Waals surface area contributed by atoms with Crippen LogP contribution in [-0.2, 0) is 18.3 Å². The molecule has 0 aliphatic carbocycles. The number of Topliss-reactive ketones (excluding diaryl/α,β-unsaturated/α-hetero) is 2. The fourth-order valence-corrected chi connectivity index (χ4v) is 3.73. The Morgan fingerprint density at radius 3 is 2.46 bits per heavy atom. The molecule has 140 valence electrons. The van der Waals surface area contributed by atoms with Crippen LogP contribution in [0.2, 0.25) is 0 Å². The number of thioether (sulfide) groups is 1. The quantitative estimate of drug-likeness (QED) is 0.533. The summed E-state index contributed by atoms with van der Waals surface area (Å²) >= 11 is 1.28. The summed E-state index contributed by atoms with van der Waals surface area (Å²) in [6.45, 7) is 6.83. The number of primary amides is 1. The Bertz CT molecular complexity index is 868. The molecule has 8 nitrogen and oxygen atoms in total. The highest BCUT2D eigenvalue weighted by atomic mass is 32.2. The number of nitrogens with two attached hydrogens (primary N) is 1. The zero-order valence-corrected chi connectivity index (χ0v) is 16.4. The molecule has 0 fully saturated rings. The molecule has 0 bridgehead atoms. The van der Waals surface area contributed by atoms with Crippen molar-refractivity contribution in [3.05, 3.63) is 28.3 Å². The van der Waals surface area contributed by atoms with Crippen LogP contribution in [0, 0.1) is 13.8 Å². The third-order valence-electron chi connectivity index (χ3n) is 4.21. The second-order valence-electron chi connectivity index (χ2n) is 6.23. The zero-order chi connectivity index (χ0) is 19.6. The zero-order valence-electron chi connectivity index (χ0n) is 15.5. The number of rotatable bonds is 8. The largest absolute Gasteiger partial charge is 0.370 e. The maximum absolute atomic E-state index is 12.8. The molecule has 0 aliphatic rings. The summed E-state index contributed by atoms with van der Waals surface area (Å²) in [5, 5.41) is 8.31. The lowest BCUT2D eigenvalue weighted by atomic mass is 10.0. The van der Waals surface area contributed by atoms with Crippen LogP contribution in [0.25, 0.3) is 0 Å². The normalized spacial score (nSPS) is 12.2. The SMILES string of the molecule is CC(=O)c1c(C)[nH]c(C(=O)C(C)Sc2nnc(CCC(N)=O)n2C)c1C. The number of H-pyrrole nitrogens is 1. The Labute approximate surface area is 155 Å². The summed E-state index contributed by atoms with van der Waals surface area (Å²) in [4.78, 5) is 38.5. The van der Waals surface area contributed by atoms with Gasteiger partial charge in [-0.2, -0.15) is 0 Å². The average molecular weight is 377 g/mol. The molecule has 0 saturated heterocycles. The van der Waals surface area contributed by atoms with Crippen LogP contribution >= 0.6 is 11.8 Å². The van der Waals surface area contributed by atoms with E-state index in [1.54, 1.807) is 32.4 Å². The van der Waals surface area contributed by atoms with Crippen molar-refractivity contribution < 1.29 is 14.4 Å². The van der Waals surface area contributed by atoms with Crippen LogP contribution < -0.4 is 5.73 Å². The van der Waals surface area contributed by atoms with Crippen molar-refractivity contribution >= 4 is 29.2 Å². The van der Waals surface area contributed by atoms with Gasteiger partial charge in [0.25, 0.3) is 0 Å². The monoisotopic (exact) mass is 377 g/mol. The molecular weight excluding hydrogens is 354 g/mol. The van der Waals surface area contributed by atoms with Gasteiger partial charge >= 0.3 is 0 Å². The van der Waals surface area contributed by atoms with Crippen molar-refractivity contribution in [3.63, 3.8) is 0 Å². The van der Waals surface area contributed by atoms with E-state index in [1.807, 2.05) is 0 Å². The molecule has 1 atom stereocenters. The first kappa shape index (κ1) is 19.9. The number of aromatic amines is 1. The molecule has 0 aromatic carbocycles. The lowest BCUT2D eigenvalue weighted by molar-refractivity contribution is -0.118. The van der Waals surface area contributed by atoms with Gasteiger partial charge in [-0.05, 0) is 33.3 Å². The number of carbonyl (C=O) groups is 3. The average Bonchev–Trinajstić information content (AvgIpc) is 3.04. The standard InChI is InChI=1S/C17H23N5O3S/c1-8-14(10(3)23)9(2)19-15(8)16(25)11(4)26-17-21-20-13(22(17)5)7-6-12(18)24/h11,19H,6-7H2,1-5H3,(H2,18,24). The topological polar surface area (TPSA) is 124 Å². The second-order valence-corrected chi connectivity index (χ2v) is 7.54. The van der Waals surface area contributed by atoms with Gasteiger partial charge in [0.2, 0.25) is 5.91 Å². The molecule has 2 aromatic rings. The van der Waals surface area contributed by atoms with Crippen LogP contribution in [0.4, 0.5) is 0 Å². The van der Waals surface area contributed by atoms with Crippen molar-refractivity contribution in [1.82, 2.24) is 19.7 Å². The predicted octanol–water partition coefficient (Wildman–Crippen LogP) is 1.74. The minimum absolute atomic E-state index is 0.0667. The van der Waals surface area contributed by atoms with Crippen molar-refractivity contribution in [1.29, 1.82) is 0 Å². The lowest BCUT2D eigenvalue weighted by Crippen LogP contribution is -2.16. The summed E-state index contributed by atoms with van der Waals surface area (Å²) in [5.74, 6) is 0.0640. The predicted molar refractivity (Wildman–Crippen MR) is 98.4 cm³/mol. The maximum atomic E-state index is 12.8.